The quantitative estimate of drug-likeness (QED) is 0.745. The molecule has 3 heteroatoms. The van der Waals surface area contributed by atoms with Gasteiger partial charge < -0.3 is 14.6 Å². The van der Waals surface area contributed by atoms with E-state index in [1.54, 1.807) is 7.11 Å². The highest BCUT2D eigenvalue weighted by Crippen LogP contribution is 2.61. The molecule has 5 atom stereocenters. The van der Waals surface area contributed by atoms with Gasteiger partial charge in [-0.1, -0.05) is 20.3 Å². The van der Waals surface area contributed by atoms with Crippen LogP contribution in [0.2, 0.25) is 0 Å². The molecular formula is C23H34O3. The highest BCUT2D eigenvalue weighted by atomic mass is 16.5. The average Bonchev–Trinajstić information content (AvgIpc) is 2.96. The summed E-state index contributed by atoms with van der Waals surface area (Å²) >= 11 is 0. The second kappa shape index (κ2) is 7.07. The van der Waals surface area contributed by atoms with Gasteiger partial charge >= 0.3 is 0 Å². The van der Waals surface area contributed by atoms with E-state index >= 15 is 0 Å². The summed E-state index contributed by atoms with van der Waals surface area (Å²) in [7, 11) is 1.75. The van der Waals surface area contributed by atoms with Crippen LogP contribution < -0.4 is 9.47 Å². The van der Waals surface area contributed by atoms with E-state index in [4.69, 9.17) is 9.47 Å². The molecule has 2 saturated carbocycles. The maximum atomic E-state index is 10.6. The fraction of sp³-hybridized carbons (Fsp3) is 0.739. The summed E-state index contributed by atoms with van der Waals surface area (Å²) in [4.78, 5) is 0. The lowest BCUT2D eigenvalue weighted by Gasteiger charge is -2.50. The summed E-state index contributed by atoms with van der Waals surface area (Å²) in [5.41, 5.74) is 3.09. The van der Waals surface area contributed by atoms with Crippen molar-refractivity contribution in [3.63, 3.8) is 0 Å². The van der Waals surface area contributed by atoms with Gasteiger partial charge in [0, 0.05) is 0 Å². The van der Waals surface area contributed by atoms with E-state index in [1.165, 1.54) is 30.4 Å². The van der Waals surface area contributed by atoms with Crippen LogP contribution in [0.1, 0.15) is 75.8 Å². The number of aliphatic hydroxyl groups is 1. The molecule has 0 heterocycles. The van der Waals surface area contributed by atoms with Crippen molar-refractivity contribution in [3.8, 4) is 11.5 Å². The monoisotopic (exact) mass is 358 g/mol. The highest BCUT2D eigenvalue weighted by molar-refractivity contribution is 5.50. The van der Waals surface area contributed by atoms with Gasteiger partial charge in [0.15, 0.2) is 11.5 Å². The lowest BCUT2D eigenvalue weighted by molar-refractivity contribution is -0.0226. The highest BCUT2D eigenvalue weighted by Gasteiger charge is 2.54. The molecule has 4 rings (SSSR count). The molecule has 0 bridgehead atoms. The number of hydrogen-bond donors (Lipinski definition) is 1. The Hall–Kier alpha value is -1.22. The molecule has 0 radical (unpaired) electrons. The minimum absolute atomic E-state index is 0.0984. The molecule has 3 aliphatic rings. The first-order chi connectivity index (χ1) is 12.6. The van der Waals surface area contributed by atoms with E-state index in [9.17, 15) is 5.11 Å². The molecule has 0 saturated heterocycles. The topological polar surface area (TPSA) is 38.7 Å². The van der Waals surface area contributed by atoms with Gasteiger partial charge in [0.25, 0.3) is 0 Å². The third-order valence-electron chi connectivity index (χ3n) is 7.71. The molecule has 3 aliphatic carbocycles. The first-order valence-corrected chi connectivity index (χ1v) is 10.6. The van der Waals surface area contributed by atoms with Gasteiger partial charge in [0.1, 0.15) is 0 Å². The predicted molar refractivity (Wildman–Crippen MR) is 104 cm³/mol. The smallest absolute Gasteiger partial charge is 0.161 e. The van der Waals surface area contributed by atoms with Crippen molar-refractivity contribution >= 4 is 0 Å². The van der Waals surface area contributed by atoms with E-state index in [2.05, 4.69) is 26.0 Å². The number of ether oxygens (including phenoxy) is 2. The zero-order chi connectivity index (χ0) is 18.3. The van der Waals surface area contributed by atoms with E-state index in [1.807, 2.05) is 0 Å². The maximum absolute atomic E-state index is 10.6. The first kappa shape index (κ1) is 18.2. The molecule has 144 valence electrons. The molecule has 0 aromatic heterocycles. The SMILES string of the molecule is CCCCOc1cc2c(cc1OC)C1CC[C@@]3(C)C(CC[C@@H]3O)C1CC2. The van der Waals surface area contributed by atoms with E-state index in [0.29, 0.717) is 11.8 Å². The second-order valence-electron chi connectivity index (χ2n) is 8.96. The van der Waals surface area contributed by atoms with Crippen LogP contribution in [-0.2, 0) is 6.42 Å². The van der Waals surface area contributed by atoms with Crippen LogP contribution in [0.4, 0.5) is 0 Å². The van der Waals surface area contributed by atoms with Gasteiger partial charge in [0.2, 0.25) is 0 Å². The van der Waals surface area contributed by atoms with Crippen LogP contribution in [-0.4, -0.2) is 24.9 Å². The summed E-state index contributed by atoms with van der Waals surface area (Å²) in [6, 6.07) is 4.51. The zero-order valence-corrected chi connectivity index (χ0v) is 16.6. The molecule has 1 N–H and O–H groups in total. The molecule has 0 aliphatic heterocycles. The van der Waals surface area contributed by atoms with Crippen molar-refractivity contribution in [2.75, 3.05) is 13.7 Å². The van der Waals surface area contributed by atoms with Crippen LogP contribution in [0.3, 0.4) is 0 Å². The van der Waals surface area contributed by atoms with Crippen LogP contribution >= 0.6 is 0 Å². The summed E-state index contributed by atoms with van der Waals surface area (Å²) < 4.78 is 11.7. The average molecular weight is 359 g/mol. The lowest BCUT2D eigenvalue weighted by atomic mass is 9.55. The summed E-state index contributed by atoms with van der Waals surface area (Å²) in [6.07, 6.45) is 9.04. The van der Waals surface area contributed by atoms with Gasteiger partial charge in [-0.25, -0.2) is 0 Å². The molecule has 26 heavy (non-hydrogen) atoms. The normalized spacial score (nSPS) is 35.4. The van der Waals surface area contributed by atoms with Crippen molar-refractivity contribution in [2.45, 2.75) is 77.2 Å². The fourth-order valence-corrected chi connectivity index (χ4v) is 6.15. The van der Waals surface area contributed by atoms with Crippen LogP contribution in [0, 0.1) is 17.3 Å². The Bertz CT molecular complexity index is 655. The van der Waals surface area contributed by atoms with Gasteiger partial charge in [-0.05, 0) is 91.4 Å². The number of fused-ring (bicyclic) bond motifs is 5. The van der Waals surface area contributed by atoms with Crippen molar-refractivity contribution in [1.29, 1.82) is 0 Å². The third-order valence-corrected chi connectivity index (χ3v) is 7.71. The van der Waals surface area contributed by atoms with Crippen LogP contribution in [0.15, 0.2) is 12.1 Å². The number of aryl methyl sites for hydroxylation is 1. The molecule has 3 unspecified atom stereocenters. The van der Waals surface area contributed by atoms with Crippen LogP contribution in [0.25, 0.3) is 0 Å². The molecule has 3 nitrogen and oxygen atoms in total. The Balaban J connectivity index is 1.62. The Morgan fingerprint density at radius 3 is 2.77 bits per heavy atom. The molecule has 1 aromatic rings. The summed E-state index contributed by atoms with van der Waals surface area (Å²) in [5, 5.41) is 10.6. The third kappa shape index (κ3) is 2.83. The number of methoxy groups -OCH3 is 1. The van der Waals surface area contributed by atoms with Crippen molar-refractivity contribution in [1.82, 2.24) is 0 Å². The van der Waals surface area contributed by atoms with E-state index < -0.39 is 0 Å². The minimum Gasteiger partial charge on any atom is -0.493 e. The van der Waals surface area contributed by atoms with Gasteiger partial charge in [-0.3, -0.25) is 0 Å². The molecular weight excluding hydrogens is 324 g/mol. The van der Waals surface area contributed by atoms with Crippen LogP contribution in [0.5, 0.6) is 11.5 Å². The van der Waals surface area contributed by atoms with Gasteiger partial charge in [0.05, 0.1) is 19.8 Å². The lowest BCUT2D eigenvalue weighted by Crippen LogP contribution is -2.43. The standard InChI is InChI=1S/C23H34O3/c1-4-5-12-26-21-13-15-6-7-17-16(18(15)14-20(21)25-3)10-11-23(2)19(17)8-9-22(23)24/h13-14,16-17,19,22,24H,4-12H2,1-3H3/t16?,17?,19?,22-,23-/m0/s1. The number of rotatable bonds is 5. The van der Waals surface area contributed by atoms with Gasteiger partial charge in [-0.2, -0.15) is 0 Å². The van der Waals surface area contributed by atoms with Gasteiger partial charge in [-0.15, -0.1) is 0 Å². The Labute approximate surface area is 158 Å². The second-order valence-corrected chi connectivity index (χ2v) is 8.96. The van der Waals surface area contributed by atoms with Crippen molar-refractivity contribution < 1.29 is 14.6 Å². The number of unbranched alkanes of at least 4 members (excludes halogenated alkanes) is 1. The summed E-state index contributed by atoms with van der Waals surface area (Å²) in [6.45, 7) is 5.28. The number of aliphatic hydroxyl groups excluding tert-OH is 1. The number of hydrogen-bond acceptors (Lipinski definition) is 3. The van der Waals surface area contributed by atoms with E-state index in [-0.39, 0.29) is 11.5 Å². The van der Waals surface area contributed by atoms with E-state index in [0.717, 1.165) is 56.1 Å². The Morgan fingerprint density at radius 2 is 2.00 bits per heavy atom. The summed E-state index contributed by atoms with van der Waals surface area (Å²) in [5.74, 6) is 3.82. The largest absolute Gasteiger partial charge is 0.493 e. The fourth-order valence-electron chi connectivity index (χ4n) is 6.15. The van der Waals surface area contributed by atoms with Crippen molar-refractivity contribution in [3.05, 3.63) is 23.3 Å². The zero-order valence-electron chi connectivity index (χ0n) is 16.6. The Kier molecular flexibility index (Phi) is 4.94. The molecule has 0 spiro atoms. The van der Waals surface area contributed by atoms with Crippen molar-refractivity contribution in [2.24, 2.45) is 17.3 Å². The maximum Gasteiger partial charge on any atom is 0.161 e. The molecule has 1 aromatic carbocycles. The number of benzene rings is 1. The Morgan fingerprint density at radius 1 is 1.15 bits per heavy atom. The minimum atomic E-state index is -0.0984. The first-order valence-electron chi connectivity index (χ1n) is 10.6. The molecule has 0 amide bonds. The predicted octanol–water partition coefficient (Wildman–Crippen LogP) is 5.09. The molecule has 2 fully saturated rings.